The van der Waals surface area contributed by atoms with Crippen molar-refractivity contribution in [2.24, 2.45) is 29.6 Å². The fourth-order valence-electron chi connectivity index (χ4n) is 7.30. The topological polar surface area (TPSA) is 73.9 Å². The molecule has 0 aromatic carbocycles. The van der Waals surface area contributed by atoms with Crippen LogP contribution < -0.4 is 10.6 Å². The second-order valence-corrected chi connectivity index (χ2v) is 12.4. The number of carbonyl (C=O) groups is 2. The van der Waals surface area contributed by atoms with Gasteiger partial charge in [0.15, 0.2) is 0 Å². The molecule has 4 aliphatic rings. The monoisotopic (exact) mass is 516 g/mol. The molecule has 7 nitrogen and oxygen atoms in total. The summed E-state index contributed by atoms with van der Waals surface area (Å²) in [4.78, 5) is 30.9. The molecule has 0 spiro atoms. The van der Waals surface area contributed by atoms with Crippen molar-refractivity contribution >= 4 is 11.8 Å². The first-order valence-electron chi connectivity index (χ1n) is 15.1. The van der Waals surface area contributed by atoms with Gasteiger partial charge in [-0.25, -0.2) is 0 Å². The van der Waals surface area contributed by atoms with Gasteiger partial charge in [0.05, 0.1) is 18.2 Å². The summed E-state index contributed by atoms with van der Waals surface area (Å²) >= 11 is 0. The van der Waals surface area contributed by atoms with Gasteiger partial charge in [-0.2, -0.15) is 0 Å². The molecule has 0 radical (unpaired) electrons. The zero-order valence-electron chi connectivity index (χ0n) is 23.8. The number of hydrogen-bond donors (Lipinski definition) is 2. The highest BCUT2D eigenvalue weighted by atomic mass is 16.5. The summed E-state index contributed by atoms with van der Waals surface area (Å²) in [7, 11) is 1.73. The molecule has 37 heavy (non-hydrogen) atoms. The molecule has 210 valence electrons. The highest BCUT2D eigenvalue weighted by Crippen LogP contribution is 2.39. The predicted octanol–water partition coefficient (Wildman–Crippen LogP) is 3.80. The van der Waals surface area contributed by atoms with E-state index < -0.39 is 0 Å². The van der Waals surface area contributed by atoms with Crippen LogP contribution in [0.15, 0.2) is 11.6 Å². The van der Waals surface area contributed by atoms with Gasteiger partial charge in [0.1, 0.15) is 0 Å². The van der Waals surface area contributed by atoms with Crippen LogP contribution in [0.1, 0.15) is 78.6 Å². The molecule has 0 aromatic heterocycles. The van der Waals surface area contributed by atoms with E-state index >= 15 is 0 Å². The first-order valence-corrected chi connectivity index (χ1v) is 15.1. The van der Waals surface area contributed by atoms with Gasteiger partial charge in [-0.05, 0) is 75.7 Å². The number of hydrogen-bond acceptors (Lipinski definition) is 5. The Morgan fingerprint density at radius 3 is 2.49 bits per heavy atom. The van der Waals surface area contributed by atoms with E-state index in [1.165, 1.54) is 24.8 Å². The van der Waals surface area contributed by atoms with Crippen LogP contribution in [0.3, 0.4) is 0 Å². The molecule has 2 amide bonds. The third-order valence-electron chi connectivity index (χ3n) is 9.75. The highest BCUT2D eigenvalue weighted by molar-refractivity contribution is 5.79. The Balaban J connectivity index is 1.29. The lowest BCUT2D eigenvalue weighted by molar-refractivity contribution is -0.134. The number of rotatable bonds is 8. The Labute approximate surface area is 225 Å². The van der Waals surface area contributed by atoms with Gasteiger partial charge in [-0.1, -0.05) is 38.3 Å². The van der Waals surface area contributed by atoms with Crippen molar-refractivity contribution < 1.29 is 14.3 Å². The van der Waals surface area contributed by atoms with Crippen molar-refractivity contribution in [3.05, 3.63) is 11.6 Å². The maximum Gasteiger partial charge on any atom is 0.225 e. The zero-order chi connectivity index (χ0) is 26.4. The summed E-state index contributed by atoms with van der Waals surface area (Å²) < 4.78 is 5.62. The largest absolute Gasteiger partial charge is 0.381 e. The summed E-state index contributed by atoms with van der Waals surface area (Å²) in [6, 6.07) is 0. The van der Waals surface area contributed by atoms with Gasteiger partial charge >= 0.3 is 0 Å². The number of ether oxygens (including phenoxy) is 1. The second-order valence-electron chi connectivity index (χ2n) is 12.4. The molecule has 2 aliphatic carbocycles. The molecular weight excluding hydrogens is 464 g/mol. The average Bonchev–Trinajstić information content (AvgIpc) is 2.93. The molecule has 2 N–H and O–H groups in total. The van der Waals surface area contributed by atoms with E-state index in [0.717, 1.165) is 64.8 Å². The summed E-state index contributed by atoms with van der Waals surface area (Å²) in [5.41, 5.74) is 1.32. The number of nitrogens with one attached hydrogen (secondary N) is 2. The van der Waals surface area contributed by atoms with Crippen LogP contribution >= 0.6 is 0 Å². The molecule has 6 atom stereocenters. The van der Waals surface area contributed by atoms with E-state index in [0.29, 0.717) is 48.7 Å². The third kappa shape index (κ3) is 7.36. The Hall–Kier alpha value is -1.44. The molecular formula is C30H52N4O3. The Bertz CT molecular complexity index is 786. The van der Waals surface area contributed by atoms with Crippen LogP contribution in [0.4, 0.5) is 0 Å². The maximum atomic E-state index is 13.3. The Morgan fingerprint density at radius 2 is 1.81 bits per heavy atom. The SMILES string of the molecule is COC1CCCCC1C(=O)NC[C@@H]1C=C(C)[C@H](CC(=O)N2CCN(C3CCCCN3)CC2)C[C@H]1C(C)C. The number of carbonyl (C=O) groups excluding carboxylic acids is 2. The van der Waals surface area contributed by atoms with E-state index in [1.807, 2.05) is 0 Å². The normalized spacial score (nSPS) is 33.8. The fourth-order valence-corrected chi connectivity index (χ4v) is 7.30. The summed E-state index contributed by atoms with van der Waals surface area (Å²) in [6.45, 7) is 12.2. The molecule has 1 saturated carbocycles. The third-order valence-corrected chi connectivity index (χ3v) is 9.75. The number of methoxy groups -OCH3 is 1. The van der Waals surface area contributed by atoms with Gasteiger partial charge in [-0.3, -0.25) is 14.5 Å². The predicted molar refractivity (Wildman–Crippen MR) is 148 cm³/mol. The first kappa shape index (κ1) is 28.6. The van der Waals surface area contributed by atoms with E-state index in [4.69, 9.17) is 4.74 Å². The lowest BCUT2D eigenvalue weighted by Crippen LogP contribution is -2.57. The van der Waals surface area contributed by atoms with Crippen LogP contribution in [-0.2, 0) is 14.3 Å². The molecule has 4 rings (SSSR count). The number of piperazine rings is 1. The van der Waals surface area contributed by atoms with Crippen LogP contribution in [0.5, 0.6) is 0 Å². The van der Waals surface area contributed by atoms with Crippen molar-refractivity contribution in [3.8, 4) is 0 Å². The van der Waals surface area contributed by atoms with Crippen LogP contribution in [0.2, 0.25) is 0 Å². The molecule has 0 bridgehead atoms. The van der Waals surface area contributed by atoms with E-state index in [2.05, 4.69) is 47.3 Å². The summed E-state index contributed by atoms with van der Waals surface area (Å²) in [6.07, 6.45) is 12.5. The van der Waals surface area contributed by atoms with E-state index in [9.17, 15) is 9.59 Å². The van der Waals surface area contributed by atoms with Crippen molar-refractivity contribution in [2.75, 3.05) is 46.4 Å². The van der Waals surface area contributed by atoms with Crippen molar-refractivity contribution in [1.29, 1.82) is 0 Å². The van der Waals surface area contributed by atoms with Crippen LogP contribution in [-0.4, -0.2) is 80.3 Å². The van der Waals surface area contributed by atoms with Crippen molar-refractivity contribution in [2.45, 2.75) is 90.8 Å². The van der Waals surface area contributed by atoms with Gasteiger partial charge in [0.25, 0.3) is 0 Å². The fraction of sp³-hybridized carbons (Fsp3) is 0.867. The van der Waals surface area contributed by atoms with Crippen molar-refractivity contribution in [3.63, 3.8) is 0 Å². The van der Waals surface area contributed by atoms with Gasteiger partial charge in [0.2, 0.25) is 11.8 Å². The van der Waals surface area contributed by atoms with Gasteiger partial charge < -0.3 is 20.3 Å². The Morgan fingerprint density at radius 1 is 1.08 bits per heavy atom. The standard InChI is InChI=1S/C30H52N4O3/c1-21(2)26-18-23(19-29(35)34-15-13-33(14-16-34)28-11-7-8-12-31-28)22(3)17-24(26)20-32-30(36)25-9-5-6-10-27(25)37-4/h17,21,23-28,31H,5-16,18-20H2,1-4H3,(H,32,36)/t23-,24-,25?,26-,27?,28?/m0/s1. The molecule has 3 fully saturated rings. The minimum atomic E-state index is -0.0235. The van der Waals surface area contributed by atoms with Crippen molar-refractivity contribution in [1.82, 2.24) is 20.4 Å². The highest BCUT2D eigenvalue weighted by Gasteiger charge is 2.36. The minimum absolute atomic E-state index is 0.0235. The zero-order valence-corrected chi connectivity index (χ0v) is 23.8. The number of allylic oxidation sites excluding steroid dienone is 1. The lowest BCUT2D eigenvalue weighted by Gasteiger charge is -2.42. The molecule has 3 unspecified atom stereocenters. The average molecular weight is 517 g/mol. The van der Waals surface area contributed by atoms with E-state index in [-0.39, 0.29) is 17.9 Å². The Kier molecular flexibility index (Phi) is 10.5. The van der Waals surface area contributed by atoms with Crippen LogP contribution in [0.25, 0.3) is 0 Å². The quantitative estimate of drug-likeness (QED) is 0.480. The second kappa shape index (κ2) is 13.6. The number of piperidine rings is 1. The smallest absolute Gasteiger partial charge is 0.225 e. The molecule has 2 aliphatic heterocycles. The molecule has 2 heterocycles. The molecule has 0 aromatic rings. The maximum absolute atomic E-state index is 13.3. The van der Waals surface area contributed by atoms with Crippen LogP contribution in [0, 0.1) is 29.6 Å². The summed E-state index contributed by atoms with van der Waals surface area (Å²) in [5, 5.41) is 6.93. The molecule has 7 heteroatoms. The summed E-state index contributed by atoms with van der Waals surface area (Å²) in [5.74, 6) is 2.06. The number of amides is 2. The lowest BCUT2D eigenvalue weighted by atomic mass is 9.69. The van der Waals surface area contributed by atoms with E-state index in [1.54, 1.807) is 7.11 Å². The minimum Gasteiger partial charge on any atom is -0.381 e. The van der Waals surface area contributed by atoms with Gasteiger partial charge in [0, 0.05) is 46.3 Å². The molecule has 2 saturated heterocycles. The first-order chi connectivity index (χ1) is 17.9. The van der Waals surface area contributed by atoms with Gasteiger partial charge in [-0.15, -0.1) is 0 Å². The number of nitrogens with zero attached hydrogens (tertiary/aromatic N) is 2.